The summed E-state index contributed by atoms with van der Waals surface area (Å²) < 4.78 is 12.2. The van der Waals surface area contributed by atoms with Crippen molar-refractivity contribution in [3.63, 3.8) is 0 Å². The Balaban J connectivity index is 2.40. The number of hydrogen-bond acceptors (Lipinski definition) is 4. The topological polar surface area (TPSA) is 73.8 Å². The fourth-order valence-corrected chi connectivity index (χ4v) is 3.16. The van der Waals surface area contributed by atoms with E-state index in [1.165, 1.54) is 0 Å². The second-order valence-electron chi connectivity index (χ2n) is 4.98. The van der Waals surface area contributed by atoms with Crippen molar-refractivity contribution in [2.24, 2.45) is 17.4 Å². The summed E-state index contributed by atoms with van der Waals surface area (Å²) in [5.74, 6) is -0.726. The summed E-state index contributed by atoms with van der Waals surface area (Å²) in [6.45, 7) is 3.99. The van der Waals surface area contributed by atoms with Crippen LogP contribution in [0.5, 0.6) is 0 Å². The highest BCUT2D eigenvalue weighted by molar-refractivity contribution is 9.11. The molecule has 0 aromatic rings. The fraction of sp³-hybridized carbons (Fsp3) is 0.818. The van der Waals surface area contributed by atoms with Crippen molar-refractivity contribution in [1.29, 1.82) is 0 Å². The molecule has 1 fully saturated rings. The zero-order chi connectivity index (χ0) is 12.1. The van der Waals surface area contributed by atoms with Gasteiger partial charge in [-0.3, -0.25) is 0 Å². The van der Waals surface area contributed by atoms with Crippen LogP contribution < -0.4 is 11.5 Å². The van der Waals surface area contributed by atoms with E-state index >= 15 is 0 Å². The number of ether oxygens (including phenoxy) is 2. The summed E-state index contributed by atoms with van der Waals surface area (Å²) in [4.78, 5) is 0. The Bertz CT molecular complexity index is 339. The van der Waals surface area contributed by atoms with Crippen LogP contribution in [0.4, 0.5) is 0 Å². The third-order valence-corrected chi connectivity index (χ3v) is 4.61. The lowest BCUT2D eigenvalue weighted by molar-refractivity contribution is -0.0679. The molecule has 0 aromatic carbocycles. The molecule has 2 aliphatic rings. The van der Waals surface area contributed by atoms with Gasteiger partial charge in [0.15, 0.2) is 0 Å². The van der Waals surface area contributed by atoms with Crippen LogP contribution in [-0.4, -0.2) is 24.5 Å². The molecule has 16 heavy (non-hydrogen) atoms. The molecule has 1 heterocycles. The van der Waals surface area contributed by atoms with E-state index in [1.807, 2.05) is 13.8 Å². The Morgan fingerprint density at radius 3 is 2.56 bits per heavy atom. The van der Waals surface area contributed by atoms with E-state index in [2.05, 4.69) is 15.9 Å². The van der Waals surface area contributed by atoms with E-state index < -0.39 is 5.79 Å². The van der Waals surface area contributed by atoms with Crippen molar-refractivity contribution in [2.45, 2.75) is 44.1 Å². The smallest absolute Gasteiger partial charge is 0.205 e. The summed E-state index contributed by atoms with van der Waals surface area (Å²) in [5.41, 5.74) is 12.9. The van der Waals surface area contributed by atoms with Gasteiger partial charge in [0.05, 0.1) is 5.92 Å². The summed E-state index contributed by atoms with van der Waals surface area (Å²) in [7, 11) is 1.65. The predicted octanol–water partition coefficient (Wildman–Crippen LogP) is 1.44. The van der Waals surface area contributed by atoms with E-state index in [1.54, 1.807) is 7.11 Å². The molecule has 4 nitrogen and oxygen atoms in total. The molecular weight excluding hydrogens is 272 g/mol. The maximum Gasteiger partial charge on any atom is 0.205 e. The summed E-state index contributed by atoms with van der Waals surface area (Å²) in [6, 6.07) is 0. The molecule has 0 aromatic heterocycles. The third kappa shape index (κ3) is 1.61. The van der Waals surface area contributed by atoms with Crippen LogP contribution in [0.15, 0.2) is 10.2 Å². The molecule has 0 amide bonds. The van der Waals surface area contributed by atoms with Crippen LogP contribution in [0.25, 0.3) is 0 Å². The average molecular weight is 291 g/mol. The molecule has 1 aliphatic heterocycles. The lowest BCUT2D eigenvalue weighted by Gasteiger charge is -2.41. The second kappa shape index (κ2) is 3.70. The average Bonchev–Trinajstić information content (AvgIpc) is 2.85. The Hall–Kier alpha value is -0.100. The number of allylic oxidation sites excluding steroid dienone is 1. The molecular formula is C11H19BrN2O2. The van der Waals surface area contributed by atoms with Crippen molar-refractivity contribution < 1.29 is 9.47 Å². The Kier molecular flexibility index (Phi) is 2.86. The monoisotopic (exact) mass is 290 g/mol. The van der Waals surface area contributed by atoms with Gasteiger partial charge < -0.3 is 20.9 Å². The standard InChI is InChI=1S/C11H19BrN2O2/c1-6-11(15-3,16-6)9-8(13)7(12)4-5-10(9,2)14/h6,9H,4-5,13-14H2,1-3H3/t6-,9+,10+,11?/m1/s1. The van der Waals surface area contributed by atoms with Crippen LogP contribution in [0.1, 0.15) is 26.7 Å². The van der Waals surface area contributed by atoms with Crippen molar-refractivity contribution >= 4 is 15.9 Å². The molecule has 0 bridgehead atoms. The minimum absolute atomic E-state index is 0.0438. The summed E-state index contributed by atoms with van der Waals surface area (Å²) >= 11 is 3.50. The van der Waals surface area contributed by atoms with Crippen molar-refractivity contribution in [1.82, 2.24) is 0 Å². The van der Waals surface area contributed by atoms with Crippen molar-refractivity contribution in [3.05, 3.63) is 10.2 Å². The molecule has 0 saturated carbocycles. The first kappa shape index (κ1) is 12.4. The zero-order valence-corrected chi connectivity index (χ0v) is 11.5. The van der Waals surface area contributed by atoms with E-state index in [9.17, 15) is 0 Å². The molecule has 4 N–H and O–H groups in total. The lowest BCUT2D eigenvalue weighted by Crippen LogP contribution is -2.56. The predicted molar refractivity (Wildman–Crippen MR) is 65.7 cm³/mol. The highest BCUT2D eigenvalue weighted by Gasteiger charge is 2.65. The third-order valence-electron chi connectivity index (χ3n) is 3.76. The molecule has 1 unspecified atom stereocenters. The summed E-state index contributed by atoms with van der Waals surface area (Å²) in [5, 5.41) is 0. The van der Waals surface area contributed by atoms with Gasteiger partial charge in [-0.2, -0.15) is 0 Å². The maximum atomic E-state index is 6.34. The van der Waals surface area contributed by atoms with Gasteiger partial charge in [0.1, 0.15) is 6.10 Å². The van der Waals surface area contributed by atoms with E-state index in [-0.39, 0.29) is 17.6 Å². The van der Waals surface area contributed by atoms with Gasteiger partial charge in [-0.25, -0.2) is 0 Å². The maximum absolute atomic E-state index is 6.34. The zero-order valence-electron chi connectivity index (χ0n) is 9.92. The normalized spacial score (nSPS) is 48.3. The molecule has 0 radical (unpaired) electrons. The molecule has 4 atom stereocenters. The van der Waals surface area contributed by atoms with Crippen molar-refractivity contribution in [3.8, 4) is 0 Å². The molecule has 1 aliphatic carbocycles. The van der Waals surface area contributed by atoms with Gasteiger partial charge in [0.2, 0.25) is 5.79 Å². The molecule has 5 heteroatoms. The number of methoxy groups -OCH3 is 1. The number of rotatable bonds is 2. The van der Waals surface area contributed by atoms with E-state index in [0.29, 0.717) is 0 Å². The Labute approximate surface area is 104 Å². The van der Waals surface area contributed by atoms with Crippen LogP contribution in [0.3, 0.4) is 0 Å². The number of nitrogens with two attached hydrogens (primary N) is 2. The largest absolute Gasteiger partial charge is 0.401 e. The first-order valence-corrected chi connectivity index (χ1v) is 6.30. The van der Waals surface area contributed by atoms with Gasteiger partial charge in [0.25, 0.3) is 0 Å². The number of epoxide rings is 1. The molecule has 1 saturated heterocycles. The SMILES string of the molecule is COC1([C@H]2C(N)=C(Br)CC[C@]2(C)N)O[C@@H]1C. The Morgan fingerprint density at radius 2 is 2.12 bits per heavy atom. The van der Waals surface area contributed by atoms with Gasteiger partial charge in [-0.05, 0) is 26.7 Å². The molecule has 2 rings (SSSR count). The molecule has 92 valence electrons. The van der Waals surface area contributed by atoms with Gasteiger partial charge in [0, 0.05) is 22.8 Å². The quantitative estimate of drug-likeness (QED) is 0.755. The van der Waals surface area contributed by atoms with Gasteiger partial charge >= 0.3 is 0 Å². The van der Waals surface area contributed by atoms with Crippen LogP contribution in [-0.2, 0) is 9.47 Å². The Morgan fingerprint density at radius 1 is 1.56 bits per heavy atom. The van der Waals surface area contributed by atoms with E-state index in [0.717, 1.165) is 23.0 Å². The fourth-order valence-electron chi connectivity index (χ4n) is 2.73. The van der Waals surface area contributed by atoms with Crippen LogP contribution >= 0.6 is 15.9 Å². The minimum Gasteiger partial charge on any atom is -0.401 e. The first-order chi connectivity index (χ1) is 7.35. The number of hydrogen-bond donors (Lipinski definition) is 2. The van der Waals surface area contributed by atoms with E-state index in [4.69, 9.17) is 20.9 Å². The lowest BCUT2D eigenvalue weighted by atomic mass is 9.73. The first-order valence-electron chi connectivity index (χ1n) is 5.51. The van der Waals surface area contributed by atoms with Gasteiger partial charge in [-0.15, -0.1) is 0 Å². The van der Waals surface area contributed by atoms with Crippen LogP contribution in [0, 0.1) is 5.92 Å². The summed E-state index contributed by atoms with van der Waals surface area (Å²) in [6.07, 6.45) is 1.80. The number of halogens is 1. The second-order valence-corrected chi connectivity index (χ2v) is 5.94. The highest BCUT2D eigenvalue weighted by Crippen LogP contribution is 2.53. The van der Waals surface area contributed by atoms with Gasteiger partial charge in [-0.1, -0.05) is 15.9 Å². The van der Waals surface area contributed by atoms with Crippen molar-refractivity contribution in [2.75, 3.05) is 7.11 Å². The minimum atomic E-state index is -0.632. The van der Waals surface area contributed by atoms with Crippen LogP contribution in [0.2, 0.25) is 0 Å². The molecule has 0 spiro atoms. The highest BCUT2D eigenvalue weighted by atomic mass is 79.9.